The average Bonchev–Trinajstić information content (AvgIpc) is 3.26. The summed E-state index contributed by atoms with van der Waals surface area (Å²) in [6.07, 6.45) is 1.66. The van der Waals surface area contributed by atoms with E-state index in [0.29, 0.717) is 5.56 Å². The molecule has 0 aliphatic heterocycles. The second-order valence-corrected chi connectivity index (χ2v) is 6.43. The molecule has 1 N–H and O–H groups in total. The molecule has 0 radical (unpaired) electrons. The first-order valence-electron chi connectivity index (χ1n) is 7.63. The predicted molar refractivity (Wildman–Crippen MR) is 94.8 cm³/mol. The van der Waals surface area contributed by atoms with Crippen molar-refractivity contribution in [1.82, 2.24) is 15.2 Å². The van der Waals surface area contributed by atoms with Gasteiger partial charge in [-0.1, -0.05) is 12.1 Å². The van der Waals surface area contributed by atoms with Gasteiger partial charge in [0.25, 0.3) is 5.91 Å². The highest BCUT2D eigenvalue weighted by Crippen LogP contribution is 2.24. The summed E-state index contributed by atoms with van der Waals surface area (Å²) < 4.78 is 5.37. The van der Waals surface area contributed by atoms with Crippen LogP contribution in [0.4, 0.5) is 0 Å². The van der Waals surface area contributed by atoms with Crippen molar-refractivity contribution in [3.05, 3.63) is 64.9 Å². The maximum absolute atomic E-state index is 11.6. The van der Waals surface area contributed by atoms with Crippen molar-refractivity contribution in [3.8, 4) is 10.8 Å². The second kappa shape index (κ2) is 7.42. The lowest BCUT2D eigenvalue weighted by Crippen LogP contribution is -2.19. The fourth-order valence-electron chi connectivity index (χ4n) is 2.44. The van der Waals surface area contributed by atoms with Crippen LogP contribution in [0.15, 0.2) is 52.5 Å². The molecule has 5 nitrogen and oxygen atoms in total. The van der Waals surface area contributed by atoms with Gasteiger partial charge in [0.05, 0.1) is 12.0 Å². The summed E-state index contributed by atoms with van der Waals surface area (Å²) in [6, 6.07) is 11.4. The Morgan fingerprint density at radius 1 is 1.25 bits per heavy atom. The smallest absolute Gasteiger partial charge is 0.251 e. The fourth-order valence-corrected chi connectivity index (χ4v) is 3.22. The van der Waals surface area contributed by atoms with Crippen molar-refractivity contribution in [2.75, 3.05) is 14.1 Å². The molecule has 24 heavy (non-hydrogen) atoms. The highest BCUT2D eigenvalue weighted by atomic mass is 32.1. The SMILES string of the molecule is CNC(=O)c1ccc(CN(C)Cc2csc(-c3ccco3)n2)cc1. The lowest BCUT2D eigenvalue weighted by molar-refractivity contribution is 0.0963. The zero-order valence-electron chi connectivity index (χ0n) is 13.7. The van der Waals surface area contributed by atoms with Gasteiger partial charge < -0.3 is 9.73 Å². The molecule has 0 spiro atoms. The maximum atomic E-state index is 11.6. The first kappa shape index (κ1) is 16.4. The number of carbonyl (C=O) groups is 1. The van der Waals surface area contributed by atoms with Gasteiger partial charge in [0.1, 0.15) is 0 Å². The van der Waals surface area contributed by atoms with E-state index in [9.17, 15) is 4.79 Å². The zero-order valence-corrected chi connectivity index (χ0v) is 14.5. The first-order chi connectivity index (χ1) is 11.7. The topological polar surface area (TPSA) is 58.4 Å². The van der Waals surface area contributed by atoms with Crippen LogP contribution in [-0.2, 0) is 13.1 Å². The van der Waals surface area contributed by atoms with Crippen LogP contribution in [0.25, 0.3) is 10.8 Å². The summed E-state index contributed by atoms with van der Waals surface area (Å²) in [5.74, 6) is 0.738. The fraction of sp³-hybridized carbons (Fsp3) is 0.222. The molecule has 124 valence electrons. The van der Waals surface area contributed by atoms with Crippen LogP contribution in [0.5, 0.6) is 0 Å². The molecule has 0 bridgehead atoms. The Labute approximate surface area is 144 Å². The van der Waals surface area contributed by atoms with Gasteiger partial charge in [0, 0.05) is 31.1 Å². The Balaban J connectivity index is 1.59. The van der Waals surface area contributed by atoms with Crippen molar-refractivity contribution in [2.24, 2.45) is 0 Å². The van der Waals surface area contributed by atoms with Crippen LogP contribution in [0.2, 0.25) is 0 Å². The van der Waals surface area contributed by atoms with E-state index in [-0.39, 0.29) is 5.91 Å². The van der Waals surface area contributed by atoms with Crippen LogP contribution in [0.1, 0.15) is 21.6 Å². The summed E-state index contributed by atoms with van der Waals surface area (Å²) in [6.45, 7) is 1.55. The van der Waals surface area contributed by atoms with Gasteiger partial charge in [0.2, 0.25) is 0 Å². The molecule has 2 heterocycles. The molecule has 1 aromatic carbocycles. The maximum Gasteiger partial charge on any atom is 0.251 e. The van der Waals surface area contributed by atoms with Crippen LogP contribution in [0.3, 0.4) is 0 Å². The second-order valence-electron chi connectivity index (χ2n) is 5.57. The molecule has 3 aromatic rings. The predicted octanol–water partition coefficient (Wildman–Crippen LogP) is 3.39. The lowest BCUT2D eigenvalue weighted by atomic mass is 10.1. The number of nitrogens with one attached hydrogen (secondary N) is 1. The number of amides is 1. The minimum Gasteiger partial charge on any atom is -0.462 e. The molecule has 0 aliphatic rings. The molecule has 2 aromatic heterocycles. The number of nitrogens with zero attached hydrogens (tertiary/aromatic N) is 2. The number of furan rings is 1. The Morgan fingerprint density at radius 3 is 2.71 bits per heavy atom. The third kappa shape index (κ3) is 3.90. The summed E-state index contributed by atoms with van der Waals surface area (Å²) in [4.78, 5) is 18.4. The van der Waals surface area contributed by atoms with Crippen molar-refractivity contribution < 1.29 is 9.21 Å². The molecule has 0 atom stereocenters. The third-order valence-corrected chi connectivity index (χ3v) is 4.52. The number of carbonyl (C=O) groups excluding carboxylic acids is 1. The van der Waals surface area contributed by atoms with Crippen LogP contribution in [-0.4, -0.2) is 29.9 Å². The lowest BCUT2D eigenvalue weighted by Gasteiger charge is -2.15. The highest BCUT2D eigenvalue weighted by Gasteiger charge is 2.10. The number of aromatic nitrogens is 1. The largest absolute Gasteiger partial charge is 0.462 e. The molecule has 0 saturated heterocycles. The minimum absolute atomic E-state index is 0.0668. The molecular formula is C18H19N3O2S. The van der Waals surface area contributed by atoms with Crippen molar-refractivity contribution in [3.63, 3.8) is 0 Å². The zero-order chi connectivity index (χ0) is 16.9. The number of hydrogen-bond donors (Lipinski definition) is 1. The van der Waals surface area contributed by atoms with Gasteiger partial charge in [-0.15, -0.1) is 11.3 Å². The third-order valence-electron chi connectivity index (χ3n) is 3.61. The van der Waals surface area contributed by atoms with Crippen molar-refractivity contribution in [2.45, 2.75) is 13.1 Å². The number of thiazole rings is 1. The summed E-state index contributed by atoms with van der Waals surface area (Å²) in [5.41, 5.74) is 2.86. The molecule has 0 unspecified atom stereocenters. The van der Waals surface area contributed by atoms with E-state index in [1.807, 2.05) is 36.4 Å². The number of benzene rings is 1. The van der Waals surface area contributed by atoms with Crippen LogP contribution < -0.4 is 5.32 Å². The van der Waals surface area contributed by atoms with E-state index >= 15 is 0 Å². The Hall–Kier alpha value is -2.44. The number of hydrogen-bond acceptors (Lipinski definition) is 5. The van der Waals surface area contributed by atoms with E-state index in [2.05, 4.69) is 27.6 Å². The molecule has 0 saturated carbocycles. The Kier molecular flexibility index (Phi) is 5.08. The first-order valence-corrected chi connectivity index (χ1v) is 8.51. The summed E-state index contributed by atoms with van der Waals surface area (Å²) in [7, 11) is 3.69. The molecule has 0 aliphatic carbocycles. The standard InChI is InChI=1S/C18H19N3O2S/c1-19-17(22)14-7-5-13(6-8-14)10-21(2)11-15-12-24-18(20-15)16-4-3-9-23-16/h3-9,12H,10-11H2,1-2H3,(H,19,22). The van der Waals surface area contributed by atoms with E-state index in [1.54, 1.807) is 24.6 Å². The van der Waals surface area contributed by atoms with E-state index < -0.39 is 0 Å². The van der Waals surface area contributed by atoms with Crippen LogP contribution in [0, 0.1) is 0 Å². The van der Waals surface area contributed by atoms with Crippen molar-refractivity contribution >= 4 is 17.2 Å². The minimum atomic E-state index is -0.0668. The van der Waals surface area contributed by atoms with E-state index in [4.69, 9.17) is 4.42 Å². The number of rotatable bonds is 6. The van der Waals surface area contributed by atoms with Gasteiger partial charge in [-0.2, -0.15) is 0 Å². The van der Waals surface area contributed by atoms with Gasteiger partial charge in [-0.3, -0.25) is 9.69 Å². The molecule has 6 heteroatoms. The van der Waals surface area contributed by atoms with E-state index in [0.717, 1.165) is 35.1 Å². The Bertz CT molecular complexity index is 794. The normalized spacial score (nSPS) is 11.0. The monoisotopic (exact) mass is 341 g/mol. The molecule has 0 fully saturated rings. The average molecular weight is 341 g/mol. The summed E-state index contributed by atoms with van der Waals surface area (Å²) in [5, 5.41) is 5.58. The van der Waals surface area contributed by atoms with Gasteiger partial charge in [-0.05, 0) is 36.9 Å². The molecular weight excluding hydrogens is 322 g/mol. The van der Waals surface area contributed by atoms with Crippen molar-refractivity contribution in [1.29, 1.82) is 0 Å². The highest BCUT2D eigenvalue weighted by molar-refractivity contribution is 7.13. The van der Waals surface area contributed by atoms with E-state index in [1.165, 1.54) is 0 Å². The van der Waals surface area contributed by atoms with Gasteiger partial charge in [-0.25, -0.2) is 4.98 Å². The molecule has 1 amide bonds. The quantitative estimate of drug-likeness (QED) is 0.746. The van der Waals surface area contributed by atoms with Crippen LogP contribution >= 0.6 is 11.3 Å². The van der Waals surface area contributed by atoms with Gasteiger partial charge >= 0.3 is 0 Å². The summed E-state index contributed by atoms with van der Waals surface area (Å²) >= 11 is 1.59. The Morgan fingerprint density at radius 2 is 2.04 bits per heavy atom. The molecule has 3 rings (SSSR count). The van der Waals surface area contributed by atoms with Gasteiger partial charge in [0.15, 0.2) is 10.8 Å².